The summed E-state index contributed by atoms with van der Waals surface area (Å²) in [7, 11) is -4.07. The third-order valence-corrected chi connectivity index (χ3v) is 8.91. The number of hydrogen-bond donors (Lipinski definition) is 1. The lowest BCUT2D eigenvalue weighted by Gasteiger charge is -2.40. The van der Waals surface area contributed by atoms with E-state index in [1.165, 1.54) is 27.5 Å². The van der Waals surface area contributed by atoms with Gasteiger partial charge in [0.05, 0.1) is 11.1 Å². The standard InChI is InChI=1S/C23H18Cl3N5O4S/c24-15-8-9-20(18(25)12-15)36(33,34)29-10-11-30(31-22(26)23(27)35-28-31)19(13-29)21(32)17-7-3-5-14-4-1-2-6-16(14)17/h1-9,12,19,27H,10-11,13H2. The first-order valence-corrected chi connectivity index (χ1v) is 13.3. The first kappa shape index (κ1) is 24.8. The van der Waals surface area contributed by atoms with E-state index < -0.39 is 16.1 Å². The number of nitrogens with one attached hydrogen (secondary N) is 1. The van der Waals surface area contributed by atoms with E-state index in [4.69, 9.17) is 44.7 Å². The lowest BCUT2D eigenvalue weighted by Crippen LogP contribution is -2.73. The van der Waals surface area contributed by atoms with Gasteiger partial charge in [0.2, 0.25) is 10.0 Å². The van der Waals surface area contributed by atoms with Crippen LogP contribution in [0.3, 0.4) is 0 Å². The summed E-state index contributed by atoms with van der Waals surface area (Å²) in [6.07, 6.45) is 0. The quantitative estimate of drug-likeness (QED) is 0.294. The number of fused-ring (bicyclic) bond motifs is 1. The van der Waals surface area contributed by atoms with Crippen molar-refractivity contribution < 1.29 is 22.5 Å². The fraction of sp³-hybridized carbons (Fsp3) is 0.174. The van der Waals surface area contributed by atoms with Crippen LogP contribution >= 0.6 is 34.8 Å². The lowest BCUT2D eigenvalue weighted by molar-refractivity contribution is -0.764. The highest BCUT2D eigenvalue weighted by Gasteiger charge is 2.40. The molecule has 1 aliphatic heterocycles. The molecule has 36 heavy (non-hydrogen) atoms. The molecule has 0 radical (unpaired) electrons. The normalized spacial score (nSPS) is 17.0. The number of carbonyl (C=O) groups excluding carboxylic acids is 1. The lowest BCUT2D eigenvalue weighted by atomic mass is 9.96. The first-order valence-electron chi connectivity index (χ1n) is 10.7. The molecule has 9 nitrogen and oxygen atoms in total. The summed E-state index contributed by atoms with van der Waals surface area (Å²) in [5.41, 5.74) is 0.0363. The average molecular weight is 567 g/mol. The van der Waals surface area contributed by atoms with Gasteiger partial charge in [-0.3, -0.25) is 15.2 Å². The molecule has 0 bridgehead atoms. The molecule has 0 amide bonds. The Kier molecular flexibility index (Phi) is 6.56. The van der Waals surface area contributed by atoms with Crippen LogP contribution in [0.2, 0.25) is 15.2 Å². The summed E-state index contributed by atoms with van der Waals surface area (Å²) in [4.78, 5) is 15.0. The van der Waals surface area contributed by atoms with E-state index in [-0.39, 0.29) is 46.0 Å². The molecule has 1 atom stereocenters. The van der Waals surface area contributed by atoms with E-state index in [1.54, 1.807) is 12.1 Å². The van der Waals surface area contributed by atoms with Gasteiger partial charge in [-0.05, 0) is 45.8 Å². The molecule has 5 rings (SSSR count). The van der Waals surface area contributed by atoms with Crippen LogP contribution in [0.1, 0.15) is 10.4 Å². The summed E-state index contributed by atoms with van der Waals surface area (Å²) in [6, 6.07) is 15.9. The fourth-order valence-corrected chi connectivity index (χ4v) is 6.60. The average Bonchev–Trinajstić information content (AvgIpc) is 3.20. The molecule has 0 spiro atoms. The van der Waals surface area contributed by atoms with Crippen LogP contribution in [-0.2, 0) is 10.0 Å². The van der Waals surface area contributed by atoms with Gasteiger partial charge in [0, 0.05) is 30.2 Å². The number of sulfonamides is 1. The van der Waals surface area contributed by atoms with Gasteiger partial charge < -0.3 is 4.52 Å². The zero-order valence-electron chi connectivity index (χ0n) is 18.4. The number of rotatable bonds is 5. The molecule has 1 saturated heterocycles. The zero-order chi connectivity index (χ0) is 25.6. The highest BCUT2D eigenvalue weighted by Crippen LogP contribution is 2.29. The van der Waals surface area contributed by atoms with Crippen LogP contribution in [0.5, 0.6) is 0 Å². The number of halogens is 3. The Morgan fingerprint density at radius 2 is 1.81 bits per heavy atom. The smallest absolute Gasteiger partial charge is 0.360 e. The van der Waals surface area contributed by atoms with E-state index in [0.29, 0.717) is 10.6 Å². The number of ketones is 1. The topological polar surface area (TPSA) is 113 Å². The van der Waals surface area contributed by atoms with Crippen LogP contribution in [0.15, 0.2) is 70.1 Å². The van der Waals surface area contributed by atoms with Crippen molar-refractivity contribution in [1.29, 1.82) is 5.41 Å². The van der Waals surface area contributed by atoms with Gasteiger partial charge in [0.15, 0.2) is 5.78 Å². The van der Waals surface area contributed by atoms with Crippen molar-refractivity contribution in [2.45, 2.75) is 10.9 Å². The third kappa shape index (κ3) is 4.29. The van der Waals surface area contributed by atoms with E-state index in [1.807, 2.05) is 30.3 Å². The molecule has 2 heterocycles. The molecular formula is C23H18Cl3N5O4S. The number of benzene rings is 3. The van der Waals surface area contributed by atoms with Crippen LogP contribution in [-0.4, -0.2) is 44.2 Å². The van der Waals surface area contributed by atoms with Gasteiger partial charge in [-0.1, -0.05) is 70.5 Å². The summed E-state index contributed by atoms with van der Waals surface area (Å²) in [6.45, 7) is -0.168. The van der Waals surface area contributed by atoms with Crippen LogP contribution < -0.4 is 20.6 Å². The van der Waals surface area contributed by atoms with Gasteiger partial charge in [-0.25, -0.2) is 8.42 Å². The predicted octanol–water partition coefficient (Wildman–Crippen LogP) is 3.01. The van der Waals surface area contributed by atoms with E-state index in [0.717, 1.165) is 15.6 Å². The zero-order valence-corrected chi connectivity index (χ0v) is 21.5. The first-order chi connectivity index (χ1) is 17.2. The highest BCUT2D eigenvalue weighted by molar-refractivity contribution is 7.89. The Labute approximate surface area is 220 Å². The van der Waals surface area contributed by atoms with Crippen molar-refractivity contribution in [2.75, 3.05) is 24.6 Å². The van der Waals surface area contributed by atoms with Gasteiger partial charge in [-0.15, -0.1) is 0 Å². The molecule has 3 aromatic carbocycles. The largest absolute Gasteiger partial charge is 0.379 e. The van der Waals surface area contributed by atoms with Crippen LogP contribution in [0, 0.1) is 5.41 Å². The molecular weight excluding hydrogens is 549 g/mol. The van der Waals surface area contributed by atoms with E-state index >= 15 is 0 Å². The number of nitrogens with zero attached hydrogens (tertiary/aromatic N) is 4. The Balaban J connectivity index is 1.59. The minimum Gasteiger partial charge on any atom is -0.379 e. The Morgan fingerprint density at radius 1 is 1.06 bits per heavy atom. The molecule has 1 unspecified atom stereocenters. The second-order valence-electron chi connectivity index (χ2n) is 8.09. The number of hydrogen-bond acceptors (Lipinski definition) is 6. The van der Waals surface area contributed by atoms with Crippen molar-refractivity contribution in [1.82, 2.24) is 9.58 Å². The second kappa shape index (κ2) is 9.53. The van der Waals surface area contributed by atoms with Crippen molar-refractivity contribution in [3.8, 4) is 0 Å². The summed E-state index contributed by atoms with van der Waals surface area (Å²) >= 11 is 18.4. The molecule has 1 aliphatic rings. The molecule has 0 saturated carbocycles. The SMILES string of the molecule is N=c1o[n-][n+](N2CCN(S(=O)(=O)c3ccc(Cl)cc3Cl)CC2C(=O)c2cccc3ccccc23)c1Cl. The summed E-state index contributed by atoms with van der Waals surface area (Å²) in [5, 5.41) is 14.8. The molecule has 0 aliphatic carbocycles. The van der Waals surface area contributed by atoms with E-state index in [9.17, 15) is 13.2 Å². The van der Waals surface area contributed by atoms with Gasteiger partial charge >= 0.3 is 10.7 Å². The number of piperazine rings is 1. The molecule has 13 heteroatoms. The summed E-state index contributed by atoms with van der Waals surface area (Å²) in [5.74, 6) is -0.341. The van der Waals surface area contributed by atoms with Crippen molar-refractivity contribution in [2.24, 2.45) is 0 Å². The summed E-state index contributed by atoms with van der Waals surface area (Å²) < 4.78 is 33.1. The van der Waals surface area contributed by atoms with Gasteiger partial charge in [-0.2, -0.15) is 4.31 Å². The maximum absolute atomic E-state index is 14.0. The monoisotopic (exact) mass is 565 g/mol. The number of aromatic nitrogens is 2. The minimum atomic E-state index is -4.07. The van der Waals surface area contributed by atoms with Crippen LogP contribution in [0.25, 0.3) is 10.8 Å². The molecule has 1 fully saturated rings. The predicted molar refractivity (Wildman–Crippen MR) is 133 cm³/mol. The van der Waals surface area contributed by atoms with Gasteiger partial charge in [0.1, 0.15) is 4.90 Å². The third-order valence-electron chi connectivity index (χ3n) is 6.00. The maximum atomic E-state index is 14.0. The molecule has 1 N–H and O–H groups in total. The molecule has 4 aromatic rings. The molecule has 186 valence electrons. The fourth-order valence-electron chi connectivity index (χ4n) is 4.26. The minimum absolute atomic E-state index is 0.00410. The van der Waals surface area contributed by atoms with Crippen LogP contribution in [0.4, 0.5) is 0 Å². The Morgan fingerprint density at radius 3 is 2.53 bits per heavy atom. The van der Waals surface area contributed by atoms with Crippen molar-refractivity contribution in [3.05, 3.63) is 87.0 Å². The number of carbonyl (C=O) groups is 1. The second-order valence-corrected chi connectivity index (χ2v) is 11.2. The Bertz CT molecular complexity index is 1650. The molecule has 1 aromatic heterocycles. The van der Waals surface area contributed by atoms with E-state index in [2.05, 4.69) is 5.27 Å². The highest BCUT2D eigenvalue weighted by atomic mass is 35.5. The van der Waals surface area contributed by atoms with Crippen molar-refractivity contribution in [3.63, 3.8) is 0 Å². The van der Waals surface area contributed by atoms with Gasteiger partial charge in [0.25, 0.3) is 0 Å². The van der Waals surface area contributed by atoms with Crippen molar-refractivity contribution >= 4 is 61.4 Å². The Hall–Kier alpha value is -2.89. The maximum Gasteiger partial charge on any atom is 0.360 e. The number of Topliss-reactive ketones (excluding diaryl/α,β-unsaturated/α-hetero) is 1.